The fraction of sp³-hybridized carbons (Fsp3) is 0.182. The second-order valence-electron chi connectivity index (χ2n) is 6.53. The number of hydrogen-bond donors (Lipinski definition) is 1. The minimum Gasteiger partial charge on any atom is -0.491 e. The predicted molar refractivity (Wildman–Crippen MR) is 112 cm³/mol. The third kappa shape index (κ3) is 3.41. The molecule has 0 aliphatic rings. The largest absolute Gasteiger partial charge is 0.491 e. The molecule has 0 aliphatic carbocycles. The van der Waals surface area contributed by atoms with Gasteiger partial charge in [0.15, 0.2) is 0 Å². The van der Waals surface area contributed by atoms with E-state index in [1.54, 1.807) is 6.20 Å². The van der Waals surface area contributed by atoms with Crippen LogP contribution in [0.1, 0.15) is 16.9 Å². The molecule has 0 fully saturated rings. The molecule has 0 saturated carbocycles. The number of benzene rings is 2. The van der Waals surface area contributed by atoms with Gasteiger partial charge in [-0.05, 0) is 24.6 Å². The number of carbonyl (C=O) groups excluding carboxylic acids is 1. The number of hydrogen-bond acceptors (Lipinski definition) is 3. The topological polar surface area (TPSA) is 56.2 Å². The highest BCUT2D eigenvalue weighted by Crippen LogP contribution is 2.29. The van der Waals surface area contributed by atoms with Crippen molar-refractivity contribution in [1.29, 1.82) is 0 Å². The number of carbonyl (C=O) groups is 1. The van der Waals surface area contributed by atoms with Gasteiger partial charge in [-0.2, -0.15) is 0 Å². The summed E-state index contributed by atoms with van der Waals surface area (Å²) in [5, 5.41) is 5.32. The quantitative estimate of drug-likeness (QED) is 0.488. The zero-order valence-electron chi connectivity index (χ0n) is 15.5. The van der Waals surface area contributed by atoms with Crippen molar-refractivity contribution in [1.82, 2.24) is 14.9 Å². The van der Waals surface area contributed by atoms with Gasteiger partial charge in [0.1, 0.15) is 17.0 Å². The Bertz CT molecular complexity index is 1110. The normalized spacial score (nSPS) is 11.1. The van der Waals surface area contributed by atoms with Crippen LogP contribution in [0.3, 0.4) is 0 Å². The molecular weight excluding hydrogens is 374 g/mol. The lowest BCUT2D eigenvalue weighted by Crippen LogP contribution is -2.27. The Hall–Kier alpha value is -3.05. The second-order valence-corrected chi connectivity index (χ2v) is 6.91. The summed E-state index contributed by atoms with van der Waals surface area (Å²) in [6, 6.07) is 17.5. The summed E-state index contributed by atoms with van der Waals surface area (Å²) in [5.74, 6) is 0.566. The van der Waals surface area contributed by atoms with E-state index in [1.165, 1.54) is 0 Å². The fourth-order valence-electron chi connectivity index (χ4n) is 3.33. The van der Waals surface area contributed by atoms with Gasteiger partial charge in [-0.3, -0.25) is 9.78 Å². The zero-order valence-corrected chi connectivity index (χ0v) is 16.2. The van der Waals surface area contributed by atoms with Gasteiger partial charge < -0.3 is 14.6 Å². The van der Waals surface area contributed by atoms with Crippen molar-refractivity contribution >= 4 is 39.3 Å². The van der Waals surface area contributed by atoms with Crippen LogP contribution in [0.2, 0.25) is 5.02 Å². The molecule has 0 atom stereocenters. The Labute approximate surface area is 167 Å². The fourth-order valence-corrected chi connectivity index (χ4v) is 3.70. The summed E-state index contributed by atoms with van der Waals surface area (Å²) in [5.41, 5.74) is 2.25. The van der Waals surface area contributed by atoms with E-state index in [0.29, 0.717) is 30.3 Å². The van der Waals surface area contributed by atoms with Crippen LogP contribution in [-0.4, -0.2) is 28.6 Å². The van der Waals surface area contributed by atoms with Gasteiger partial charge in [0.2, 0.25) is 0 Å². The average molecular weight is 394 g/mol. The molecule has 0 saturated heterocycles. The standard InChI is InChI=1S/C22H20ClN3O2/c1-26-17-10-3-2-9-16(17)19(23)21(26)22(27)25-13-6-14-28-18-11-4-7-15-8-5-12-24-20(15)18/h2-5,7-12H,6,13-14H2,1H3,(H,25,27). The first-order valence-electron chi connectivity index (χ1n) is 9.14. The zero-order chi connectivity index (χ0) is 19.5. The van der Waals surface area contributed by atoms with Gasteiger partial charge in [-0.15, -0.1) is 0 Å². The molecule has 0 bridgehead atoms. The van der Waals surface area contributed by atoms with Crippen LogP contribution in [0, 0.1) is 0 Å². The molecule has 0 radical (unpaired) electrons. The number of nitrogens with zero attached hydrogens (tertiary/aromatic N) is 2. The van der Waals surface area contributed by atoms with Crippen molar-refractivity contribution < 1.29 is 9.53 Å². The minimum absolute atomic E-state index is 0.185. The van der Waals surface area contributed by atoms with Crippen LogP contribution in [0.5, 0.6) is 5.75 Å². The lowest BCUT2D eigenvalue weighted by Gasteiger charge is -2.10. The van der Waals surface area contributed by atoms with Crippen LogP contribution in [0.15, 0.2) is 60.8 Å². The van der Waals surface area contributed by atoms with E-state index in [-0.39, 0.29) is 5.91 Å². The molecule has 142 valence electrons. The molecule has 4 aromatic rings. The van der Waals surface area contributed by atoms with Gasteiger partial charge in [-0.25, -0.2) is 0 Å². The molecule has 0 spiro atoms. The van der Waals surface area contributed by atoms with Crippen molar-refractivity contribution in [2.45, 2.75) is 6.42 Å². The van der Waals surface area contributed by atoms with Gasteiger partial charge in [0.05, 0.1) is 11.6 Å². The van der Waals surface area contributed by atoms with Gasteiger partial charge in [0, 0.05) is 36.1 Å². The van der Waals surface area contributed by atoms with E-state index in [0.717, 1.165) is 27.6 Å². The summed E-state index contributed by atoms with van der Waals surface area (Å²) in [6.45, 7) is 0.980. The summed E-state index contributed by atoms with van der Waals surface area (Å²) >= 11 is 6.42. The summed E-state index contributed by atoms with van der Waals surface area (Å²) < 4.78 is 7.68. The van der Waals surface area contributed by atoms with Gasteiger partial charge in [-0.1, -0.05) is 48.0 Å². The summed E-state index contributed by atoms with van der Waals surface area (Å²) in [4.78, 5) is 17.0. The van der Waals surface area contributed by atoms with Crippen LogP contribution in [0.25, 0.3) is 21.8 Å². The highest BCUT2D eigenvalue weighted by molar-refractivity contribution is 6.38. The molecule has 1 N–H and O–H groups in total. The third-order valence-electron chi connectivity index (χ3n) is 4.72. The highest BCUT2D eigenvalue weighted by Gasteiger charge is 2.19. The number of pyridine rings is 1. The first-order valence-corrected chi connectivity index (χ1v) is 9.52. The van der Waals surface area contributed by atoms with Gasteiger partial charge >= 0.3 is 0 Å². The molecule has 2 aromatic carbocycles. The summed E-state index contributed by atoms with van der Waals surface area (Å²) in [7, 11) is 1.85. The number of para-hydroxylation sites is 2. The number of fused-ring (bicyclic) bond motifs is 2. The van der Waals surface area contributed by atoms with Crippen molar-refractivity contribution in [2.24, 2.45) is 7.05 Å². The monoisotopic (exact) mass is 393 g/mol. The number of amides is 1. The number of ether oxygens (including phenoxy) is 1. The molecular formula is C22H20ClN3O2. The molecule has 1 amide bonds. The van der Waals surface area contributed by atoms with E-state index in [4.69, 9.17) is 16.3 Å². The predicted octanol–water partition coefficient (Wildman–Crippen LogP) is 4.58. The van der Waals surface area contributed by atoms with Crippen molar-refractivity contribution in [3.05, 3.63) is 71.5 Å². The highest BCUT2D eigenvalue weighted by atomic mass is 35.5. The number of aryl methyl sites for hydroxylation is 1. The Morgan fingerprint density at radius 3 is 2.82 bits per heavy atom. The lowest BCUT2D eigenvalue weighted by molar-refractivity contribution is 0.0944. The Morgan fingerprint density at radius 2 is 1.96 bits per heavy atom. The van der Waals surface area contributed by atoms with Crippen molar-refractivity contribution in [3.8, 4) is 5.75 Å². The molecule has 2 heterocycles. The Morgan fingerprint density at radius 1 is 1.14 bits per heavy atom. The number of rotatable bonds is 6. The first-order chi connectivity index (χ1) is 13.7. The van der Waals surface area contributed by atoms with E-state index < -0.39 is 0 Å². The number of halogens is 1. The maximum absolute atomic E-state index is 12.6. The van der Waals surface area contributed by atoms with E-state index in [1.807, 2.05) is 66.2 Å². The molecule has 4 rings (SSSR count). The van der Waals surface area contributed by atoms with Gasteiger partial charge in [0.25, 0.3) is 5.91 Å². The van der Waals surface area contributed by atoms with Crippen LogP contribution in [0.4, 0.5) is 0 Å². The lowest BCUT2D eigenvalue weighted by atomic mass is 10.2. The number of nitrogens with one attached hydrogen (secondary N) is 1. The maximum Gasteiger partial charge on any atom is 0.269 e. The Balaban J connectivity index is 1.35. The smallest absolute Gasteiger partial charge is 0.269 e. The third-order valence-corrected chi connectivity index (χ3v) is 5.10. The van der Waals surface area contributed by atoms with Crippen molar-refractivity contribution in [3.63, 3.8) is 0 Å². The van der Waals surface area contributed by atoms with E-state index >= 15 is 0 Å². The average Bonchev–Trinajstić information content (AvgIpc) is 2.98. The van der Waals surface area contributed by atoms with Crippen LogP contribution < -0.4 is 10.1 Å². The van der Waals surface area contributed by atoms with Crippen molar-refractivity contribution in [2.75, 3.05) is 13.2 Å². The minimum atomic E-state index is -0.185. The molecule has 5 nitrogen and oxygen atoms in total. The van der Waals surface area contributed by atoms with E-state index in [9.17, 15) is 4.79 Å². The number of aromatic nitrogens is 2. The molecule has 0 aliphatic heterocycles. The second kappa shape index (κ2) is 7.90. The molecule has 28 heavy (non-hydrogen) atoms. The maximum atomic E-state index is 12.6. The van der Waals surface area contributed by atoms with Crippen LogP contribution >= 0.6 is 11.6 Å². The Kier molecular flexibility index (Phi) is 5.17. The molecule has 6 heteroatoms. The first kappa shape index (κ1) is 18.3. The molecule has 0 unspecified atom stereocenters. The van der Waals surface area contributed by atoms with E-state index in [2.05, 4.69) is 10.3 Å². The molecule has 2 aromatic heterocycles. The SMILES string of the molecule is Cn1c(C(=O)NCCCOc2cccc3cccnc23)c(Cl)c2ccccc21. The van der Waals surface area contributed by atoms with Crippen LogP contribution in [-0.2, 0) is 7.05 Å². The summed E-state index contributed by atoms with van der Waals surface area (Å²) in [6.07, 6.45) is 2.43.